The number of amides is 2. The van der Waals surface area contributed by atoms with Crippen molar-refractivity contribution in [3.8, 4) is 0 Å². The minimum Gasteiger partial charge on any atom is -0.356 e. The van der Waals surface area contributed by atoms with Crippen molar-refractivity contribution in [3.63, 3.8) is 0 Å². The second-order valence-electron chi connectivity index (χ2n) is 9.12. The number of carbonyl (C=O) groups is 2. The highest BCUT2D eigenvalue weighted by atomic mass is 16.5. The van der Waals surface area contributed by atoms with Crippen molar-refractivity contribution in [2.24, 2.45) is 0 Å². The Morgan fingerprint density at radius 2 is 0.946 bits per heavy atom. The van der Waals surface area contributed by atoms with Gasteiger partial charge >= 0.3 is 0 Å². The summed E-state index contributed by atoms with van der Waals surface area (Å²) in [4.78, 5) is 23.7. The van der Waals surface area contributed by atoms with E-state index in [4.69, 9.17) is 4.74 Å². The summed E-state index contributed by atoms with van der Waals surface area (Å²) in [6.45, 7) is 7.02. The SMILES string of the molecule is CC(=O)Nc1cccc(C(OC(c2ccccc2)c2cccc(NC(C)=O)c2C)c2ccccc2)c1C. The van der Waals surface area contributed by atoms with Crippen LogP contribution in [0.25, 0.3) is 0 Å². The van der Waals surface area contributed by atoms with Crippen molar-refractivity contribution >= 4 is 23.2 Å². The average molecular weight is 493 g/mol. The van der Waals surface area contributed by atoms with Gasteiger partial charge in [0.1, 0.15) is 12.2 Å². The zero-order valence-corrected chi connectivity index (χ0v) is 21.6. The number of hydrogen-bond donors (Lipinski definition) is 2. The molecule has 0 aliphatic rings. The topological polar surface area (TPSA) is 67.4 Å². The van der Waals surface area contributed by atoms with E-state index >= 15 is 0 Å². The van der Waals surface area contributed by atoms with Gasteiger partial charge in [0.15, 0.2) is 0 Å². The maximum Gasteiger partial charge on any atom is 0.221 e. The van der Waals surface area contributed by atoms with Crippen LogP contribution in [0.3, 0.4) is 0 Å². The van der Waals surface area contributed by atoms with Crippen LogP contribution in [0.5, 0.6) is 0 Å². The van der Waals surface area contributed by atoms with Gasteiger partial charge in [0.2, 0.25) is 11.8 Å². The number of rotatable bonds is 8. The normalized spacial score (nSPS) is 12.4. The highest BCUT2D eigenvalue weighted by Gasteiger charge is 2.26. The molecule has 0 aromatic heterocycles. The lowest BCUT2D eigenvalue weighted by Crippen LogP contribution is -2.17. The van der Waals surface area contributed by atoms with E-state index < -0.39 is 12.2 Å². The summed E-state index contributed by atoms with van der Waals surface area (Å²) in [5, 5.41) is 5.87. The Hall–Kier alpha value is -4.22. The molecule has 188 valence electrons. The molecule has 2 amide bonds. The first kappa shape index (κ1) is 25.9. The van der Waals surface area contributed by atoms with Crippen molar-refractivity contribution in [1.29, 1.82) is 0 Å². The van der Waals surface area contributed by atoms with Gasteiger partial charge in [-0.25, -0.2) is 0 Å². The molecule has 37 heavy (non-hydrogen) atoms. The monoisotopic (exact) mass is 492 g/mol. The van der Waals surface area contributed by atoms with Gasteiger partial charge in [0, 0.05) is 25.2 Å². The largest absolute Gasteiger partial charge is 0.356 e. The van der Waals surface area contributed by atoms with Gasteiger partial charge in [-0.1, -0.05) is 84.9 Å². The molecule has 0 heterocycles. The van der Waals surface area contributed by atoms with Crippen LogP contribution in [-0.4, -0.2) is 11.8 Å². The summed E-state index contributed by atoms with van der Waals surface area (Å²) < 4.78 is 7.05. The Balaban J connectivity index is 1.87. The van der Waals surface area contributed by atoms with Gasteiger partial charge < -0.3 is 15.4 Å². The fourth-order valence-electron chi connectivity index (χ4n) is 4.58. The highest BCUT2D eigenvalue weighted by Crippen LogP contribution is 2.40. The molecule has 0 aliphatic carbocycles. The zero-order valence-electron chi connectivity index (χ0n) is 21.6. The number of nitrogens with one attached hydrogen (secondary N) is 2. The van der Waals surface area contributed by atoms with Crippen LogP contribution in [0.4, 0.5) is 11.4 Å². The second-order valence-corrected chi connectivity index (χ2v) is 9.12. The summed E-state index contributed by atoms with van der Waals surface area (Å²) in [6, 6.07) is 31.9. The molecule has 2 atom stereocenters. The number of hydrogen-bond acceptors (Lipinski definition) is 3. The van der Waals surface area contributed by atoms with Crippen LogP contribution in [0, 0.1) is 13.8 Å². The average Bonchev–Trinajstić information content (AvgIpc) is 2.89. The van der Waals surface area contributed by atoms with Gasteiger partial charge in [-0.2, -0.15) is 0 Å². The highest BCUT2D eigenvalue weighted by molar-refractivity contribution is 5.90. The molecule has 4 aromatic rings. The summed E-state index contributed by atoms with van der Waals surface area (Å²) >= 11 is 0. The minimum atomic E-state index is -0.413. The minimum absolute atomic E-state index is 0.120. The van der Waals surface area contributed by atoms with Crippen molar-refractivity contribution in [2.45, 2.75) is 39.9 Å². The van der Waals surface area contributed by atoms with Gasteiger partial charge in [-0.3, -0.25) is 9.59 Å². The molecular formula is C32H32N2O3. The summed E-state index contributed by atoms with van der Waals surface area (Å²) in [7, 11) is 0. The number of benzene rings is 4. The zero-order chi connectivity index (χ0) is 26.4. The number of carbonyl (C=O) groups excluding carboxylic acids is 2. The summed E-state index contributed by atoms with van der Waals surface area (Å²) in [6.07, 6.45) is -0.826. The first-order chi connectivity index (χ1) is 17.8. The Kier molecular flexibility index (Phi) is 8.16. The molecule has 2 unspecified atom stereocenters. The molecule has 4 rings (SSSR count). The van der Waals surface area contributed by atoms with Crippen LogP contribution >= 0.6 is 0 Å². The molecular weight excluding hydrogens is 460 g/mol. The predicted molar refractivity (Wildman–Crippen MR) is 149 cm³/mol. The van der Waals surface area contributed by atoms with Crippen molar-refractivity contribution in [1.82, 2.24) is 0 Å². The third-order valence-corrected chi connectivity index (χ3v) is 6.41. The van der Waals surface area contributed by atoms with E-state index in [0.29, 0.717) is 0 Å². The summed E-state index contributed by atoms with van der Waals surface area (Å²) in [5.41, 5.74) is 7.35. The van der Waals surface area contributed by atoms with Crippen LogP contribution in [0.15, 0.2) is 97.1 Å². The van der Waals surface area contributed by atoms with Crippen LogP contribution in [0.1, 0.15) is 59.4 Å². The molecule has 5 heteroatoms. The van der Waals surface area contributed by atoms with E-state index in [1.807, 2.05) is 86.6 Å². The molecule has 0 saturated heterocycles. The van der Waals surface area contributed by atoms with E-state index in [9.17, 15) is 9.59 Å². The molecule has 0 bridgehead atoms. The van der Waals surface area contributed by atoms with Crippen molar-refractivity contribution in [3.05, 3.63) is 130 Å². The van der Waals surface area contributed by atoms with E-state index in [2.05, 4.69) is 34.9 Å². The Morgan fingerprint density at radius 1 is 0.568 bits per heavy atom. The predicted octanol–water partition coefficient (Wildman–Crippen LogP) is 7.12. The van der Waals surface area contributed by atoms with E-state index in [1.54, 1.807) is 0 Å². The van der Waals surface area contributed by atoms with Crippen molar-refractivity contribution < 1.29 is 14.3 Å². The smallest absolute Gasteiger partial charge is 0.221 e. The van der Waals surface area contributed by atoms with E-state index in [0.717, 1.165) is 44.8 Å². The first-order valence-electron chi connectivity index (χ1n) is 12.3. The maximum absolute atomic E-state index is 11.8. The third-order valence-electron chi connectivity index (χ3n) is 6.41. The molecule has 4 aromatic carbocycles. The molecule has 0 fully saturated rings. The van der Waals surface area contributed by atoms with Gasteiger partial charge in [0.05, 0.1) is 0 Å². The number of anilines is 2. The molecule has 0 radical (unpaired) electrons. The quantitative estimate of drug-likeness (QED) is 0.275. The molecule has 2 N–H and O–H groups in total. The van der Waals surface area contributed by atoms with Gasteiger partial charge in [-0.05, 0) is 59.4 Å². The van der Waals surface area contributed by atoms with Crippen LogP contribution < -0.4 is 10.6 Å². The van der Waals surface area contributed by atoms with Gasteiger partial charge in [0.25, 0.3) is 0 Å². The fourth-order valence-corrected chi connectivity index (χ4v) is 4.58. The van der Waals surface area contributed by atoms with Crippen LogP contribution in [-0.2, 0) is 14.3 Å². The lowest BCUT2D eigenvalue weighted by molar-refractivity contribution is -0.115. The Morgan fingerprint density at radius 3 is 1.30 bits per heavy atom. The van der Waals surface area contributed by atoms with E-state index in [-0.39, 0.29) is 11.8 Å². The lowest BCUT2D eigenvalue weighted by atomic mass is 9.93. The number of ether oxygens (including phenoxy) is 1. The second kappa shape index (κ2) is 11.7. The summed E-state index contributed by atoms with van der Waals surface area (Å²) in [5.74, 6) is -0.241. The fraction of sp³-hybridized carbons (Fsp3) is 0.188. The Bertz CT molecular complexity index is 1280. The van der Waals surface area contributed by atoms with E-state index in [1.165, 1.54) is 13.8 Å². The molecule has 0 aliphatic heterocycles. The molecule has 5 nitrogen and oxygen atoms in total. The lowest BCUT2D eigenvalue weighted by Gasteiger charge is -2.29. The Labute approximate surface area is 218 Å². The van der Waals surface area contributed by atoms with Crippen molar-refractivity contribution in [2.75, 3.05) is 10.6 Å². The third kappa shape index (κ3) is 6.13. The molecule has 0 saturated carbocycles. The standard InChI is InChI=1S/C32H32N2O3/c1-21-27(17-11-19-29(21)33-23(3)35)31(25-13-7-5-8-14-25)37-32(26-15-9-6-10-16-26)28-18-12-20-30(22(28)2)34-24(4)36/h5-20,31-32H,1-4H3,(H,33,35)(H,34,36). The van der Waals surface area contributed by atoms with Gasteiger partial charge in [-0.15, -0.1) is 0 Å². The van der Waals surface area contributed by atoms with Crippen LogP contribution in [0.2, 0.25) is 0 Å². The first-order valence-corrected chi connectivity index (χ1v) is 12.3. The maximum atomic E-state index is 11.8. The molecule has 0 spiro atoms.